The van der Waals surface area contributed by atoms with Crippen LogP contribution in [0.5, 0.6) is 0 Å². The van der Waals surface area contributed by atoms with Gasteiger partial charge < -0.3 is 15.5 Å². The maximum Gasteiger partial charge on any atom is 0.338 e. The fourth-order valence-corrected chi connectivity index (χ4v) is 2.82. The number of aryl methyl sites for hydroxylation is 2. The van der Waals surface area contributed by atoms with E-state index in [0.717, 1.165) is 23.7 Å². The molecule has 0 radical (unpaired) electrons. The van der Waals surface area contributed by atoms with E-state index in [9.17, 15) is 9.59 Å². The molecule has 1 atom stereocenters. The Morgan fingerprint density at radius 3 is 2.81 bits per heavy atom. The lowest BCUT2D eigenvalue weighted by atomic mass is 9.95. The number of rotatable bonds is 3. The molecule has 1 aromatic carbocycles. The minimum Gasteiger partial charge on any atom is -0.449 e. The van der Waals surface area contributed by atoms with Gasteiger partial charge in [0.2, 0.25) is 0 Å². The maximum absolute atomic E-state index is 12.1. The predicted octanol–water partition coefficient (Wildman–Crippen LogP) is 2.08. The molecule has 5 nitrogen and oxygen atoms in total. The molecule has 0 spiro atoms. The molecule has 0 bridgehead atoms. The zero-order chi connectivity index (χ0) is 15.0. The van der Waals surface area contributed by atoms with Crippen molar-refractivity contribution in [2.45, 2.75) is 38.7 Å². The fourth-order valence-electron chi connectivity index (χ4n) is 2.82. The highest BCUT2D eigenvalue weighted by molar-refractivity contribution is 5.97. The Balaban J connectivity index is 1.93. The number of carbonyl (C=O) groups is 2. The number of primary amides is 1. The first kappa shape index (κ1) is 13.7. The molecule has 1 amide bonds. The van der Waals surface area contributed by atoms with E-state index in [-0.39, 0.29) is 0 Å². The van der Waals surface area contributed by atoms with Crippen LogP contribution in [0.25, 0.3) is 10.9 Å². The number of benzene rings is 1. The number of nitrogens with one attached hydrogen (secondary N) is 1. The summed E-state index contributed by atoms with van der Waals surface area (Å²) in [5.74, 6) is -1.17. The van der Waals surface area contributed by atoms with E-state index >= 15 is 0 Å². The number of nitrogens with two attached hydrogens (primary N) is 1. The molecule has 110 valence electrons. The second-order valence-corrected chi connectivity index (χ2v) is 5.50. The van der Waals surface area contributed by atoms with Gasteiger partial charge in [-0.3, -0.25) is 4.79 Å². The van der Waals surface area contributed by atoms with E-state index in [2.05, 4.69) is 4.98 Å². The third-order valence-corrected chi connectivity index (χ3v) is 4.02. The molecule has 3 N–H and O–H groups in total. The third kappa shape index (κ3) is 2.51. The van der Waals surface area contributed by atoms with Crippen LogP contribution in [0.4, 0.5) is 0 Å². The highest BCUT2D eigenvalue weighted by Crippen LogP contribution is 2.29. The van der Waals surface area contributed by atoms with Crippen molar-refractivity contribution in [2.75, 3.05) is 0 Å². The normalized spacial score (nSPS) is 15.5. The first-order valence-electron chi connectivity index (χ1n) is 7.20. The lowest BCUT2D eigenvalue weighted by Gasteiger charge is -2.11. The van der Waals surface area contributed by atoms with Gasteiger partial charge in [-0.2, -0.15) is 0 Å². The van der Waals surface area contributed by atoms with Crippen LogP contribution in [0.15, 0.2) is 18.2 Å². The molecule has 0 saturated heterocycles. The number of aromatic nitrogens is 1. The number of amides is 1. The van der Waals surface area contributed by atoms with E-state index in [1.165, 1.54) is 31.0 Å². The zero-order valence-corrected chi connectivity index (χ0v) is 11.9. The molecule has 3 rings (SSSR count). The van der Waals surface area contributed by atoms with Gasteiger partial charge in [-0.25, -0.2) is 4.79 Å². The largest absolute Gasteiger partial charge is 0.449 e. The summed E-state index contributed by atoms with van der Waals surface area (Å²) in [4.78, 5) is 26.4. The summed E-state index contributed by atoms with van der Waals surface area (Å²) in [7, 11) is 0. The van der Waals surface area contributed by atoms with Crippen LogP contribution in [0.1, 0.15) is 41.4 Å². The number of aromatic amines is 1. The van der Waals surface area contributed by atoms with E-state index in [0.29, 0.717) is 5.56 Å². The number of esters is 1. The van der Waals surface area contributed by atoms with E-state index in [4.69, 9.17) is 10.5 Å². The van der Waals surface area contributed by atoms with Crippen molar-refractivity contribution in [1.29, 1.82) is 0 Å². The fraction of sp³-hybridized carbons (Fsp3) is 0.375. The molecular formula is C16H18N2O3. The highest BCUT2D eigenvalue weighted by Gasteiger charge is 2.19. The molecule has 0 unspecified atom stereocenters. The van der Waals surface area contributed by atoms with Gasteiger partial charge in [-0.15, -0.1) is 0 Å². The van der Waals surface area contributed by atoms with Gasteiger partial charge in [0.15, 0.2) is 6.10 Å². The molecule has 1 aromatic heterocycles. The van der Waals surface area contributed by atoms with Crippen LogP contribution < -0.4 is 5.73 Å². The van der Waals surface area contributed by atoms with E-state index < -0.39 is 18.0 Å². The Morgan fingerprint density at radius 2 is 2.05 bits per heavy atom. The van der Waals surface area contributed by atoms with Crippen molar-refractivity contribution in [3.63, 3.8) is 0 Å². The van der Waals surface area contributed by atoms with Crippen molar-refractivity contribution < 1.29 is 14.3 Å². The van der Waals surface area contributed by atoms with Crippen LogP contribution in [0.3, 0.4) is 0 Å². The Morgan fingerprint density at radius 1 is 1.29 bits per heavy atom. The zero-order valence-electron chi connectivity index (χ0n) is 11.9. The first-order valence-corrected chi connectivity index (χ1v) is 7.20. The monoisotopic (exact) mass is 286 g/mol. The SMILES string of the molecule is C[C@@H](OC(=O)c1ccc2[nH]c3c(c2c1)CCCC3)C(N)=O. The van der Waals surface area contributed by atoms with Crippen molar-refractivity contribution in [3.8, 4) is 0 Å². The smallest absolute Gasteiger partial charge is 0.338 e. The van der Waals surface area contributed by atoms with Crippen molar-refractivity contribution in [1.82, 2.24) is 4.98 Å². The van der Waals surface area contributed by atoms with Crippen LogP contribution >= 0.6 is 0 Å². The number of hydrogen-bond donors (Lipinski definition) is 2. The van der Waals surface area contributed by atoms with Crippen LogP contribution in [0, 0.1) is 0 Å². The molecule has 1 aliphatic rings. The lowest BCUT2D eigenvalue weighted by Crippen LogP contribution is -2.30. The summed E-state index contributed by atoms with van der Waals surface area (Å²) in [6.07, 6.45) is 3.54. The summed E-state index contributed by atoms with van der Waals surface area (Å²) in [5.41, 5.74) is 9.17. The summed E-state index contributed by atoms with van der Waals surface area (Å²) in [5, 5.41) is 1.07. The Hall–Kier alpha value is -2.30. The van der Waals surface area contributed by atoms with Gasteiger partial charge in [0.25, 0.3) is 5.91 Å². The topological polar surface area (TPSA) is 85.2 Å². The summed E-state index contributed by atoms with van der Waals surface area (Å²) in [6.45, 7) is 1.47. The third-order valence-electron chi connectivity index (χ3n) is 4.02. The number of ether oxygens (including phenoxy) is 1. The number of H-pyrrole nitrogens is 1. The molecule has 2 aromatic rings. The number of fused-ring (bicyclic) bond motifs is 3. The molecular weight excluding hydrogens is 268 g/mol. The van der Waals surface area contributed by atoms with Gasteiger partial charge >= 0.3 is 5.97 Å². The van der Waals surface area contributed by atoms with Gasteiger partial charge in [-0.05, 0) is 56.4 Å². The Labute approximate surface area is 122 Å². The standard InChI is InChI=1S/C16H18N2O3/c1-9(15(17)19)21-16(20)10-6-7-14-12(8-10)11-4-2-3-5-13(11)18-14/h6-9,18H,2-5H2,1H3,(H2,17,19)/t9-/m1/s1. The van der Waals surface area contributed by atoms with Gasteiger partial charge in [0.05, 0.1) is 5.56 Å². The summed E-state index contributed by atoms with van der Waals surface area (Å²) in [6, 6.07) is 5.44. The van der Waals surface area contributed by atoms with Crippen LogP contribution in [-0.4, -0.2) is 23.0 Å². The number of carbonyl (C=O) groups excluding carboxylic acids is 2. The molecule has 0 aliphatic heterocycles. The molecule has 0 saturated carbocycles. The molecule has 1 aliphatic carbocycles. The minimum absolute atomic E-state index is 0.447. The Kier molecular flexibility index (Phi) is 3.41. The average Bonchev–Trinajstić information content (AvgIpc) is 2.84. The maximum atomic E-state index is 12.1. The van der Waals surface area contributed by atoms with Crippen molar-refractivity contribution in [3.05, 3.63) is 35.0 Å². The second kappa shape index (κ2) is 5.24. The summed E-state index contributed by atoms with van der Waals surface area (Å²) < 4.78 is 5.04. The highest BCUT2D eigenvalue weighted by atomic mass is 16.5. The Bertz CT molecular complexity index is 718. The van der Waals surface area contributed by atoms with E-state index in [1.54, 1.807) is 6.07 Å². The second-order valence-electron chi connectivity index (χ2n) is 5.50. The quantitative estimate of drug-likeness (QED) is 0.847. The van der Waals surface area contributed by atoms with Crippen molar-refractivity contribution >= 4 is 22.8 Å². The molecule has 1 heterocycles. The van der Waals surface area contributed by atoms with Crippen molar-refractivity contribution in [2.24, 2.45) is 5.73 Å². The predicted molar refractivity (Wildman–Crippen MR) is 79.0 cm³/mol. The van der Waals surface area contributed by atoms with Gasteiger partial charge in [0.1, 0.15) is 0 Å². The van der Waals surface area contributed by atoms with Crippen LogP contribution in [-0.2, 0) is 22.4 Å². The van der Waals surface area contributed by atoms with Gasteiger partial charge in [0, 0.05) is 16.6 Å². The van der Waals surface area contributed by atoms with E-state index in [1.807, 2.05) is 12.1 Å². The molecule has 21 heavy (non-hydrogen) atoms. The molecule has 5 heteroatoms. The van der Waals surface area contributed by atoms with Gasteiger partial charge in [-0.1, -0.05) is 0 Å². The lowest BCUT2D eigenvalue weighted by molar-refractivity contribution is -0.125. The first-order chi connectivity index (χ1) is 10.1. The number of hydrogen-bond acceptors (Lipinski definition) is 3. The minimum atomic E-state index is -0.923. The molecule has 0 fully saturated rings. The average molecular weight is 286 g/mol. The van der Waals surface area contributed by atoms with Crippen LogP contribution in [0.2, 0.25) is 0 Å². The summed E-state index contributed by atoms with van der Waals surface area (Å²) >= 11 is 0.